The normalized spacial score (nSPS) is 17.4. The third kappa shape index (κ3) is 8.37. The number of rotatable bonds is 11. The van der Waals surface area contributed by atoms with Crippen molar-refractivity contribution in [3.63, 3.8) is 0 Å². The van der Waals surface area contributed by atoms with E-state index in [0.717, 1.165) is 37.2 Å². The molecule has 1 fully saturated rings. The molecule has 0 amide bonds. The molecule has 0 unspecified atom stereocenters. The number of unbranched alkanes of at least 4 members (excludes halogenated alkanes) is 1. The quantitative estimate of drug-likeness (QED) is 0.123. The number of ether oxygens (including phenoxy) is 2. The Morgan fingerprint density at radius 3 is 2.24 bits per heavy atom. The van der Waals surface area contributed by atoms with Crippen molar-refractivity contribution >= 4 is 35.4 Å². The summed E-state index contributed by atoms with van der Waals surface area (Å²) in [6.45, 7) is 2.44. The number of hydrogen-bond donors (Lipinski definition) is 3. The van der Waals surface area contributed by atoms with Gasteiger partial charge in [0.1, 0.15) is 5.75 Å². The van der Waals surface area contributed by atoms with Gasteiger partial charge in [0.25, 0.3) is 0 Å². The minimum absolute atomic E-state index is 0.0238. The van der Waals surface area contributed by atoms with Crippen LogP contribution in [0.15, 0.2) is 42.5 Å². The highest BCUT2D eigenvalue weighted by atomic mass is 16.5. The van der Waals surface area contributed by atoms with Crippen LogP contribution in [-0.2, 0) is 20.7 Å². The van der Waals surface area contributed by atoms with Crippen LogP contribution in [0.4, 0.5) is 11.4 Å². The molecule has 8 nitrogen and oxygen atoms in total. The van der Waals surface area contributed by atoms with Crippen molar-refractivity contribution in [1.29, 1.82) is 0 Å². The summed E-state index contributed by atoms with van der Waals surface area (Å²) in [4.78, 5) is 35.5. The maximum Gasteiger partial charge on any atom is 0.335 e. The van der Waals surface area contributed by atoms with Crippen molar-refractivity contribution in [3.05, 3.63) is 59.2 Å². The molecule has 0 aromatic heterocycles. The molecular weight excluding hydrogens is 472 g/mol. The number of carboxylic acid groups (broad SMARTS) is 1. The van der Waals surface area contributed by atoms with Crippen LogP contribution in [0, 0.1) is 11.8 Å². The second-order valence-electron chi connectivity index (χ2n) is 9.51. The van der Waals surface area contributed by atoms with Gasteiger partial charge in [0, 0.05) is 17.5 Å². The number of esters is 2. The summed E-state index contributed by atoms with van der Waals surface area (Å²) in [6.07, 6.45) is 9.97. The highest BCUT2D eigenvalue weighted by Gasteiger charge is 2.26. The van der Waals surface area contributed by atoms with Crippen LogP contribution in [0.1, 0.15) is 73.4 Å². The molecule has 0 atom stereocenters. The molecule has 1 aliphatic carbocycles. The van der Waals surface area contributed by atoms with Gasteiger partial charge < -0.3 is 26.0 Å². The van der Waals surface area contributed by atoms with Crippen molar-refractivity contribution < 1.29 is 29.0 Å². The van der Waals surface area contributed by atoms with Crippen molar-refractivity contribution in [1.82, 2.24) is 0 Å². The van der Waals surface area contributed by atoms with Gasteiger partial charge in [0.2, 0.25) is 0 Å². The van der Waals surface area contributed by atoms with Crippen LogP contribution in [0.5, 0.6) is 5.75 Å². The lowest BCUT2D eigenvalue weighted by molar-refractivity contribution is -0.140. The number of aromatic carboxylic acids is 1. The fourth-order valence-electron chi connectivity index (χ4n) is 4.57. The van der Waals surface area contributed by atoms with E-state index in [-0.39, 0.29) is 24.1 Å². The van der Waals surface area contributed by atoms with E-state index in [2.05, 4.69) is 6.92 Å². The Balaban J connectivity index is 1.37. The average Bonchev–Trinajstić information content (AvgIpc) is 2.89. The summed E-state index contributed by atoms with van der Waals surface area (Å²) >= 11 is 0. The van der Waals surface area contributed by atoms with E-state index in [0.29, 0.717) is 42.0 Å². The number of carbonyl (C=O) groups is 3. The highest BCUT2D eigenvalue weighted by Crippen LogP contribution is 2.31. The summed E-state index contributed by atoms with van der Waals surface area (Å²) in [5, 5.41) is 9.06. The van der Waals surface area contributed by atoms with E-state index in [9.17, 15) is 14.4 Å². The predicted molar refractivity (Wildman–Crippen MR) is 143 cm³/mol. The Morgan fingerprint density at radius 1 is 1.00 bits per heavy atom. The number of nitrogens with two attached hydrogens (primary N) is 2. The van der Waals surface area contributed by atoms with Crippen LogP contribution in [0.3, 0.4) is 0 Å². The Kier molecular flexibility index (Phi) is 10.1. The van der Waals surface area contributed by atoms with Gasteiger partial charge in [-0.05, 0) is 92.3 Å². The van der Waals surface area contributed by atoms with Crippen LogP contribution < -0.4 is 16.2 Å². The number of benzene rings is 2. The topological polar surface area (TPSA) is 142 Å². The molecule has 2 aromatic rings. The maximum absolute atomic E-state index is 12.4. The third-order valence-electron chi connectivity index (χ3n) is 6.90. The molecule has 0 spiro atoms. The number of hydrogen-bond acceptors (Lipinski definition) is 7. The van der Waals surface area contributed by atoms with Gasteiger partial charge in [0.05, 0.1) is 18.1 Å². The number of carbonyl (C=O) groups excluding carboxylic acids is 2. The van der Waals surface area contributed by atoms with Crippen LogP contribution in [-0.4, -0.2) is 29.6 Å². The van der Waals surface area contributed by atoms with Crippen molar-refractivity contribution in [3.8, 4) is 5.75 Å². The lowest BCUT2D eigenvalue weighted by Gasteiger charge is -2.26. The fourth-order valence-corrected chi connectivity index (χ4v) is 4.57. The van der Waals surface area contributed by atoms with E-state index < -0.39 is 11.9 Å². The minimum atomic E-state index is -1.08. The number of nitrogen functional groups attached to an aromatic ring is 2. The molecular formula is C29H36N2O6. The van der Waals surface area contributed by atoms with E-state index in [1.165, 1.54) is 24.6 Å². The zero-order valence-corrected chi connectivity index (χ0v) is 21.3. The van der Waals surface area contributed by atoms with E-state index in [1.807, 2.05) is 0 Å². The first-order chi connectivity index (χ1) is 17.8. The minimum Gasteiger partial charge on any atom is -0.478 e. The Morgan fingerprint density at radius 2 is 1.65 bits per heavy atom. The van der Waals surface area contributed by atoms with Crippen molar-refractivity contribution in [2.45, 2.75) is 58.3 Å². The zero-order chi connectivity index (χ0) is 26.8. The van der Waals surface area contributed by atoms with Crippen LogP contribution in [0.2, 0.25) is 0 Å². The third-order valence-corrected chi connectivity index (χ3v) is 6.90. The van der Waals surface area contributed by atoms with Crippen molar-refractivity contribution in [2.24, 2.45) is 11.8 Å². The second kappa shape index (κ2) is 13.5. The van der Waals surface area contributed by atoms with E-state index >= 15 is 0 Å². The molecule has 8 heteroatoms. The smallest absolute Gasteiger partial charge is 0.335 e. The molecule has 0 aliphatic heterocycles. The number of anilines is 2. The first kappa shape index (κ1) is 27.8. The van der Waals surface area contributed by atoms with Gasteiger partial charge >= 0.3 is 17.9 Å². The first-order valence-corrected chi connectivity index (χ1v) is 12.8. The molecule has 0 saturated heterocycles. The first-order valence-electron chi connectivity index (χ1n) is 12.8. The van der Waals surface area contributed by atoms with Gasteiger partial charge in [-0.1, -0.05) is 25.5 Å². The van der Waals surface area contributed by atoms with E-state index in [4.69, 9.17) is 26.0 Å². The largest absolute Gasteiger partial charge is 0.478 e. The Hall–Kier alpha value is -3.81. The van der Waals surface area contributed by atoms with Gasteiger partial charge in [0.15, 0.2) is 0 Å². The molecule has 3 rings (SSSR count). The summed E-state index contributed by atoms with van der Waals surface area (Å²) in [6, 6.07) is 9.80. The standard InChI is InChI=1S/C29H36N2O6/c1-2-19-6-11-21(12-7-19)29(35)37-23-13-8-20(9-14-23)10-15-27(32)36-16-4-3-5-24-25(30)17-22(28(33)34)18-26(24)31/h8-10,13-15,17-19,21H,2-7,11-12,16,30-31H2,1H3,(H,33,34). The summed E-state index contributed by atoms with van der Waals surface area (Å²) in [5.41, 5.74) is 14.1. The number of carboxylic acids is 1. The highest BCUT2D eigenvalue weighted by molar-refractivity contribution is 5.91. The molecule has 5 N–H and O–H groups in total. The van der Waals surface area contributed by atoms with Gasteiger partial charge in [-0.3, -0.25) is 4.79 Å². The predicted octanol–water partition coefficient (Wildman–Crippen LogP) is 5.25. The molecule has 0 radical (unpaired) electrons. The van der Waals surface area contributed by atoms with E-state index in [1.54, 1.807) is 30.3 Å². The lowest BCUT2D eigenvalue weighted by Crippen LogP contribution is -2.25. The average molecular weight is 509 g/mol. The maximum atomic E-state index is 12.4. The van der Waals surface area contributed by atoms with Gasteiger partial charge in [-0.15, -0.1) is 0 Å². The van der Waals surface area contributed by atoms with Gasteiger partial charge in [-0.2, -0.15) is 0 Å². The molecule has 1 aliphatic rings. The summed E-state index contributed by atoms with van der Waals surface area (Å²) < 4.78 is 10.8. The summed E-state index contributed by atoms with van der Waals surface area (Å²) in [5.74, 6) is -0.493. The SMILES string of the molecule is CCC1CCC(C(=O)Oc2ccc(C=CC(=O)OCCCCc3c(N)cc(C(=O)O)cc3N)cc2)CC1. The summed E-state index contributed by atoms with van der Waals surface area (Å²) in [7, 11) is 0. The molecule has 1 saturated carbocycles. The molecule has 2 aromatic carbocycles. The Bertz CT molecular complexity index is 1090. The van der Waals surface area contributed by atoms with Crippen LogP contribution >= 0.6 is 0 Å². The second-order valence-corrected chi connectivity index (χ2v) is 9.51. The zero-order valence-electron chi connectivity index (χ0n) is 21.3. The molecule has 37 heavy (non-hydrogen) atoms. The molecule has 198 valence electrons. The fraction of sp³-hybridized carbons (Fsp3) is 0.414. The van der Waals surface area contributed by atoms with Crippen LogP contribution in [0.25, 0.3) is 6.08 Å². The Labute approximate surface area is 217 Å². The van der Waals surface area contributed by atoms with Gasteiger partial charge in [-0.25, -0.2) is 9.59 Å². The lowest BCUT2D eigenvalue weighted by atomic mass is 9.81. The molecule has 0 bridgehead atoms. The molecule has 0 heterocycles. The monoisotopic (exact) mass is 508 g/mol. The van der Waals surface area contributed by atoms with Crippen molar-refractivity contribution in [2.75, 3.05) is 18.1 Å².